The van der Waals surface area contributed by atoms with Gasteiger partial charge in [0.1, 0.15) is 27.4 Å². The monoisotopic (exact) mass is 460 g/mol. The van der Waals surface area contributed by atoms with E-state index in [-0.39, 0.29) is 36.0 Å². The smallest absolute Gasteiger partial charge is 0.257 e. The number of carbonyl (C=O) groups excluding carboxylic acids is 1. The molecule has 2 aromatic rings. The molecule has 1 aliphatic heterocycles. The molecule has 1 amide bonds. The van der Waals surface area contributed by atoms with Crippen molar-refractivity contribution >= 4 is 22.0 Å². The zero-order valence-corrected chi connectivity index (χ0v) is 18.9. The van der Waals surface area contributed by atoms with E-state index in [9.17, 15) is 17.6 Å². The van der Waals surface area contributed by atoms with Gasteiger partial charge in [0, 0.05) is 25.8 Å². The molecule has 1 heterocycles. The number of hydrogen-bond donors (Lipinski definition) is 0. The number of carbonyl (C=O) groups is 1. The maximum atomic E-state index is 13.4. The van der Waals surface area contributed by atoms with Gasteiger partial charge in [-0.05, 0) is 47.0 Å². The first-order chi connectivity index (χ1) is 15.2. The van der Waals surface area contributed by atoms with E-state index >= 15 is 0 Å². The molecule has 0 radical (unpaired) electrons. The SMILES string of the molecule is COc1ccc(C2C=NN=N2)cc1C(=O)N(C)CC(CCS(C)(=O)=O)c1ccc(F)cc1. The standard InChI is InChI=1S/C22H25FN4O4S/c1-27(14-17(10-11-32(3,29)30)15-4-7-18(23)8-5-15)22(28)19-12-16(6-9-21(19)31-2)20-13-24-26-25-20/h4-9,12-13,17,20H,10-11,14H2,1-3H3. The van der Waals surface area contributed by atoms with Crippen LogP contribution in [0.25, 0.3) is 0 Å². The van der Waals surface area contributed by atoms with Crippen LogP contribution >= 0.6 is 0 Å². The maximum absolute atomic E-state index is 13.4. The van der Waals surface area contributed by atoms with Crippen LogP contribution < -0.4 is 4.74 Å². The lowest BCUT2D eigenvalue weighted by Gasteiger charge is -2.25. The lowest BCUT2D eigenvalue weighted by Crippen LogP contribution is -2.32. The molecule has 2 aromatic carbocycles. The minimum atomic E-state index is -3.20. The first kappa shape index (κ1) is 23.5. The number of amides is 1. The summed E-state index contributed by atoms with van der Waals surface area (Å²) in [6, 6.07) is 10.7. The second kappa shape index (κ2) is 9.99. The fraction of sp³-hybridized carbons (Fsp3) is 0.364. The number of rotatable bonds is 9. The number of benzene rings is 2. The number of sulfone groups is 1. The van der Waals surface area contributed by atoms with E-state index in [2.05, 4.69) is 15.4 Å². The highest BCUT2D eigenvalue weighted by Crippen LogP contribution is 2.28. The summed E-state index contributed by atoms with van der Waals surface area (Å²) in [6.45, 7) is 0.248. The zero-order chi connectivity index (χ0) is 23.3. The van der Waals surface area contributed by atoms with Crippen LogP contribution in [0.4, 0.5) is 4.39 Å². The van der Waals surface area contributed by atoms with E-state index in [4.69, 9.17) is 4.74 Å². The van der Waals surface area contributed by atoms with Crippen LogP contribution in [0, 0.1) is 5.82 Å². The number of hydrogen-bond acceptors (Lipinski definition) is 7. The Morgan fingerprint density at radius 2 is 1.94 bits per heavy atom. The largest absolute Gasteiger partial charge is 0.496 e. The molecule has 1 aliphatic rings. The van der Waals surface area contributed by atoms with Crippen molar-refractivity contribution in [3.05, 3.63) is 65.0 Å². The van der Waals surface area contributed by atoms with Crippen LogP contribution in [0.1, 0.15) is 39.9 Å². The molecule has 170 valence electrons. The summed E-state index contributed by atoms with van der Waals surface area (Å²) in [5.41, 5.74) is 1.86. The van der Waals surface area contributed by atoms with E-state index in [0.717, 1.165) is 11.1 Å². The molecule has 0 bridgehead atoms. The molecule has 32 heavy (non-hydrogen) atoms. The summed E-state index contributed by atoms with van der Waals surface area (Å²) in [6.07, 6.45) is 3.05. The van der Waals surface area contributed by atoms with E-state index in [1.165, 1.54) is 30.4 Å². The lowest BCUT2D eigenvalue weighted by atomic mass is 9.95. The number of likely N-dealkylation sites (N-methyl/N-ethyl adjacent to an activating group) is 1. The van der Waals surface area contributed by atoms with Gasteiger partial charge in [0.25, 0.3) is 5.91 Å². The Kier molecular flexibility index (Phi) is 7.34. The predicted molar refractivity (Wildman–Crippen MR) is 120 cm³/mol. The Hall–Kier alpha value is -3.14. The average molecular weight is 461 g/mol. The van der Waals surface area contributed by atoms with Crippen LogP contribution in [0.5, 0.6) is 5.75 Å². The Balaban J connectivity index is 1.85. The molecule has 0 N–H and O–H groups in total. The van der Waals surface area contributed by atoms with Gasteiger partial charge in [-0.15, -0.1) is 5.10 Å². The van der Waals surface area contributed by atoms with Crippen molar-refractivity contribution in [2.24, 2.45) is 15.4 Å². The molecule has 2 unspecified atom stereocenters. The van der Waals surface area contributed by atoms with Crippen LogP contribution in [0.15, 0.2) is 57.9 Å². The van der Waals surface area contributed by atoms with Gasteiger partial charge in [-0.1, -0.05) is 18.2 Å². The van der Waals surface area contributed by atoms with Crippen molar-refractivity contribution in [1.82, 2.24) is 4.90 Å². The lowest BCUT2D eigenvalue weighted by molar-refractivity contribution is 0.0782. The molecule has 0 spiro atoms. The molecule has 0 fully saturated rings. The van der Waals surface area contributed by atoms with Crippen LogP contribution in [-0.2, 0) is 9.84 Å². The fourth-order valence-electron chi connectivity index (χ4n) is 3.51. The van der Waals surface area contributed by atoms with Gasteiger partial charge in [0.05, 0.1) is 24.6 Å². The van der Waals surface area contributed by atoms with Crippen molar-refractivity contribution in [1.29, 1.82) is 0 Å². The minimum absolute atomic E-state index is 0.0398. The predicted octanol–water partition coefficient (Wildman–Crippen LogP) is 3.62. The molecular weight excluding hydrogens is 435 g/mol. The van der Waals surface area contributed by atoms with Crippen molar-refractivity contribution in [2.75, 3.05) is 32.7 Å². The van der Waals surface area contributed by atoms with Crippen LogP contribution in [0.2, 0.25) is 0 Å². The van der Waals surface area contributed by atoms with Crippen molar-refractivity contribution in [2.45, 2.75) is 18.4 Å². The average Bonchev–Trinajstić information content (AvgIpc) is 3.30. The van der Waals surface area contributed by atoms with Gasteiger partial charge in [-0.3, -0.25) is 4.79 Å². The molecule has 0 aromatic heterocycles. The normalized spacial score (nSPS) is 16.2. The van der Waals surface area contributed by atoms with Gasteiger partial charge in [-0.25, -0.2) is 12.8 Å². The highest BCUT2D eigenvalue weighted by atomic mass is 32.2. The second-order valence-electron chi connectivity index (χ2n) is 7.73. The van der Waals surface area contributed by atoms with Crippen molar-refractivity contribution in [3.8, 4) is 5.75 Å². The van der Waals surface area contributed by atoms with Gasteiger partial charge in [0.15, 0.2) is 0 Å². The molecule has 10 heteroatoms. The minimum Gasteiger partial charge on any atom is -0.496 e. The van der Waals surface area contributed by atoms with Crippen molar-refractivity contribution in [3.63, 3.8) is 0 Å². The molecular formula is C22H25FN4O4S. The molecule has 2 atom stereocenters. The van der Waals surface area contributed by atoms with E-state index in [1.807, 2.05) is 0 Å². The summed E-state index contributed by atoms with van der Waals surface area (Å²) in [5, 5.41) is 11.3. The van der Waals surface area contributed by atoms with Gasteiger partial charge in [0.2, 0.25) is 0 Å². The Labute approximate surface area is 186 Å². The zero-order valence-electron chi connectivity index (χ0n) is 18.1. The molecule has 3 rings (SSSR count). The first-order valence-corrected chi connectivity index (χ1v) is 12.0. The summed E-state index contributed by atoms with van der Waals surface area (Å²) in [4.78, 5) is 14.8. The third-order valence-electron chi connectivity index (χ3n) is 5.25. The molecule has 0 aliphatic carbocycles. The Bertz CT molecular complexity index is 1120. The van der Waals surface area contributed by atoms with Gasteiger partial charge >= 0.3 is 0 Å². The van der Waals surface area contributed by atoms with Gasteiger partial charge < -0.3 is 9.64 Å². The topological polar surface area (TPSA) is 101 Å². The highest BCUT2D eigenvalue weighted by molar-refractivity contribution is 7.90. The Morgan fingerprint density at radius 1 is 1.22 bits per heavy atom. The third-order valence-corrected chi connectivity index (χ3v) is 6.23. The summed E-state index contributed by atoms with van der Waals surface area (Å²) in [7, 11) is -0.0754. The summed E-state index contributed by atoms with van der Waals surface area (Å²) >= 11 is 0. The second-order valence-corrected chi connectivity index (χ2v) is 9.99. The maximum Gasteiger partial charge on any atom is 0.257 e. The quantitative estimate of drug-likeness (QED) is 0.570. The van der Waals surface area contributed by atoms with E-state index in [1.54, 1.807) is 43.6 Å². The fourth-order valence-corrected chi connectivity index (χ4v) is 4.22. The van der Waals surface area contributed by atoms with Crippen molar-refractivity contribution < 1.29 is 22.3 Å². The van der Waals surface area contributed by atoms with Crippen LogP contribution in [0.3, 0.4) is 0 Å². The molecule has 0 saturated heterocycles. The highest BCUT2D eigenvalue weighted by Gasteiger charge is 2.24. The summed E-state index contributed by atoms with van der Waals surface area (Å²) in [5.74, 6) is -0.588. The number of nitrogens with zero attached hydrogens (tertiary/aromatic N) is 4. The Morgan fingerprint density at radius 3 is 2.53 bits per heavy atom. The summed E-state index contributed by atoms with van der Waals surface area (Å²) < 4.78 is 42.2. The number of ether oxygens (including phenoxy) is 1. The molecule has 0 saturated carbocycles. The van der Waals surface area contributed by atoms with E-state index in [0.29, 0.717) is 17.7 Å². The van der Waals surface area contributed by atoms with Gasteiger partial charge in [-0.2, -0.15) is 5.11 Å². The number of methoxy groups -OCH3 is 1. The third kappa shape index (κ3) is 5.97. The van der Waals surface area contributed by atoms with E-state index < -0.39 is 9.84 Å². The molecule has 8 nitrogen and oxygen atoms in total. The van der Waals surface area contributed by atoms with Crippen LogP contribution in [-0.4, -0.2) is 58.2 Å². The first-order valence-electron chi connectivity index (χ1n) is 9.98. The number of halogens is 1.